The van der Waals surface area contributed by atoms with Crippen LogP contribution in [0.1, 0.15) is 0 Å². The Morgan fingerprint density at radius 1 is 0.727 bits per heavy atom. The Hall–Kier alpha value is 0.668. The Balaban J connectivity index is 4.90. The van der Waals surface area contributed by atoms with Crippen LogP contribution >= 0.6 is 0 Å². The molecule has 0 aliphatic rings. The topological polar surface area (TPSA) is 65.7 Å². The summed E-state index contributed by atoms with van der Waals surface area (Å²) in [7, 11) is -7.70. The van der Waals surface area contributed by atoms with Gasteiger partial charge >= 0.3 is 17.1 Å². The first-order valence-corrected chi connectivity index (χ1v) is 20.4. The highest BCUT2D eigenvalue weighted by molar-refractivity contribution is 6.89. The standard InChI is InChI=1S/C13H38N2O3Si4/c1-19(2,3)16-21(7,8)18-22(9,17-20(4,5)6)13-12-15-11-10-14/h15H,10-14H2,1-9H3. The van der Waals surface area contributed by atoms with Crippen LogP contribution in [0.3, 0.4) is 0 Å². The van der Waals surface area contributed by atoms with Crippen molar-refractivity contribution in [3.63, 3.8) is 0 Å². The van der Waals surface area contributed by atoms with E-state index in [2.05, 4.69) is 64.2 Å². The van der Waals surface area contributed by atoms with Crippen LogP contribution in [0, 0.1) is 0 Å². The van der Waals surface area contributed by atoms with Crippen LogP contribution in [0.5, 0.6) is 0 Å². The highest BCUT2D eigenvalue weighted by Crippen LogP contribution is 2.26. The average molecular weight is 383 g/mol. The van der Waals surface area contributed by atoms with E-state index in [4.69, 9.17) is 18.1 Å². The van der Waals surface area contributed by atoms with Gasteiger partial charge in [0.05, 0.1) is 0 Å². The van der Waals surface area contributed by atoms with E-state index in [9.17, 15) is 0 Å². The summed E-state index contributed by atoms with van der Waals surface area (Å²) >= 11 is 0. The fourth-order valence-corrected chi connectivity index (χ4v) is 20.4. The first-order chi connectivity index (χ1) is 9.68. The van der Waals surface area contributed by atoms with Crippen LogP contribution in [0.4, 0.5) is 0 Å². The third-order valence-electron chi connectivity index (χ3n) is 2.61. The van der Waals surface area contributed by atoms with Crippen molar-refractivity contribution in [2.75, 3.05) is 19.6 Å². The molecule has 1 atom stereocenters. The summed E-state index contributed by atoms with van der Waals surface area (Å²) in [5.74, 6) is 0. The Labute approximate surface area is 142 Å². The second-order valence-electron chi connectivity index (χ2n) is 8.35. The van der Waals surface area contributed by atoms with E-state index in [1.54, 1.807) is 0 Å². The molecule has 0 saturated carbocycles. The number of nitrogens with one attached hydrogen (secondary N) is 1. The minimum absolute atomic E-state index is 0.660. The van der Waals surface area contributed by atoms with E-state index in [0.717, 1.165) is 19.1 Å². The fourth-order valence-electron chi connectivity index (χ4n) is 2.59. The van der Waals surface area contributed by atoms with Gasteiger partial charge < -0.3 is 23.4 Å². The summed E-state index contributed by atoms with van der Waals surface area (Å²) in [6.07, 6.45) is 0. The molecule has 0 aliphatic heterocycles. The Bertz CT molecular complexity index is 332. The molecule has 0 fully saturated rings. The minimum atomic E-state index is -2.25. The van der Waals surface area contributed by atoms with Crippen molar-refractivity contribution in [1.82, 2.24) is 5.32 Å². The summed E-state index contributed by atoms with van der Waals surface area (Å²) in [5.41, 5.74) is 5.54. The molecule has 5 nitrogen and oxygen atoms in total. The first-order valence-electron chi connectivity index (χ1n) is 8.19. The van der Waals surface area contributed by atoms with E-state index < -0.39 is 33.8 Å². The molecule has 22 heavy (non-hydrogen) atoms. The third-order valence-corrected chi connectivity index (χ3v) is 16.1. The van der Waals surface area contributed by atoms with Gasteiger partial charge in [0.15, 0.2) is 16.6 Å². The predicted octanol–water partition coefficient (Wildman–Crippen LogP) is 3.03. The lowest BCUT2D eigenvalue weighted by Crippen LogP contribution is -2.57. The van der Waals surface area contributed by atoms with Gasteiger partial charge in [-0.15, -0.1) is 0 Å². The lowest BCUT2D eigenvalue weighted by atomic mass is 10.6. The Kier molecular flexibility index (Phi) is 8.94. The van der Waals surface area contributed by atoms with Crippen molar-refractivity contribution in [1.29, 1.82) is 0 Å². The Morgan fingerprint density at radius 2 is 1.23 bits per heavy atom. The van der Waals surface area contributed by atoms with Crippen molar-refractivity contribution in [3.8, 4) is 0 Å². The molecule has 0 saturated heterocycles. The zero-order chi connectivity index (χ0) is 17.7. The van der Waals surface area contributed by atoms with E-state index in [1.807, 2.05) is 0 Å². The monoisotopic (exact) mass is 382 g/mol. The molecule has 1 unspecified atom stereocenters. The van der Waals surface area contributed by atoms with Crippen molar-refractivity contribution < 1.29 is 12.3 Å². The van der Waals surface area contributed by atoms with Crippen LogP contribution in [-0.4, -0.2) is 53.4 Å². The van der Waals surface area contributed by atoms with Crippen LogP contribution in [0.25, 0.3) is 0 Å². The summed E-state index contributed by atoms with van der Waals surface area (Å²) in [4.78, 5) is 0. The largest absolute Gasteiger partial charge is 0.437 e. The van der Waals surface area contributed by atoms with Gasteiger partial charge in [0.2, 0.25) is 0 Å². The third kappa shape index (κ3) is 12.1. The molecule has 0 radical (unpaired) electrons. The van der Waals surface area contributed by atoms with Crippen LogP contribution in [0.15, 0.2) is 0 Å². The molecule has 134 valence electrons. The predicted molar refractivity (Wildman–Crippen MR) is 106 cm³/mol. The maximum Gasteiger partial charge on any atom is 0.317 e. The molecule has 9 heteroatoms. The van der Waals surface area contributed by atoms with E-state index in [0.29, 0.717) is 6.54 Å². The molecule has 3 N–H and O–H groups in total. The molecule has 0 aromatic carbocycles. The lowest BCUT2D eigenvalue weighted by Gasteiger charge is -2.41. The van der Waals surface area contributed by atoms with Gasteiger partial charge in [0, 0.05) is 19.1 Å². The molecule has 0 heterocycles. The van der Waals surface area contributed by atoms with Crippen molar-refractivity contribution in [2.45, 2.75) is 65.0 Å². The lowest BCUT2D eigenvalue weighted by molar-refractivity contribution is 0.323. The molecule has 0 rings (SSSR count). The van der Waals surface area contributed by atoms with Crippen molar-refractivity contribution in [2.24, 2.45) is 5.73 Å². The van der Waals surface area contributed by atoms with E-state index in [-0.39, 0.29) is 0 Å². The van der Waals surface area contributed by atoms with Gasteiger partial charge in [0.1, 0.15) is 0 Å². The normalized spacial score (nSPS) is 16.6. The second-order valence-corrected chi connectivity index (χ2v) is 24.8. The zero-order valence-electron chi connectivity index (χ0n) is 16.1. The van der Waals surface area contributed by atoms with E-state index in [1.165, 1.54) is 0 Å². The number of hydrogen-bond donors (Lipinski definition) is 2. The summed E-state index contributed by atoms with van der Waals surface area (Å²) < 4.78 is 19.4. The first kappa shape index (κ1) is 22.7. The van der Waals surface area contributed by atoms with Gasteiger partial charge in [-0.2, -0.15) is 0 Å². The number of nitrogens with two attached hydrogens (primary N) is 1. The van der Waals surface area contributed by atoms with Gasteiger partial charge in [0.25, 0.3) is 0 Å². The highest BCUT2D eigenvalue weighted by atomic mass is 28.5. The number of hydrogen-bond acceptors (Lipinski definition) is 5. The van der Waals surface area contributed by atoms with Crippen molar-refractivity contribution in [3.05, 3.63) is 0 Å². The average Bonchev–Trinajstić information content (AvgIpc) is 2.16. The SMILES string of the molecule is C[Si](C)(C)O[Si](C)(C)O[Si](C)(CCNCCN)O[Si](C)(C)C. The summed E-state index contributed by atoms with van der Waals surface area (Å²) in [6, 6.07) is 0.933. The second kappa shape index (κ2) is 8.67. The fraction of sp³-hybridized carbons (Fsp3) is 1.00. The summed E-state index contributed by atoms with van der Waals surface area (Å²) in [6.45, 7) is 22.2. The van der Waals surface area contributed by atoms with Crippen LogP contribution in [-0.2, 0) is 12.3 Å². The van der Waals surface area contributed by atoms with Gasteiger partial charge in [-0.05, 0) is 65.5 Å². The maximum atomic E-state index is 6.59. The zero-order valence-corrected chi connectivity index (χ0v) is 20.1. The molecular weight excluding hydrogens is 344 g/mol. The number of rotatable bonds is 11. The smallest absolute Gasteiger partial charge is 0.317 e. The molecule has 0 spiro atoms. The maximum absolute atomic E-state index is 6.59. The van der Waals surface area contributed by atoms with E-state index >= 15 is 0 Å². The van der Waals surface area contributed by atoms with Crippen molar-refractivity contribution >= 4 is 33.8 Å². The van der Waals surface area contributed by atoms with Gasteiger partial charge in [-0.3, -0.25) is 0 Å². The molecule has 0 aromatic rings. The minimum Gasteiger partial charge on any atom is -0.437 e. The molecular formula is C13H38N2O3Si4. The van der Waals surface area contributed by atoms with Crippen LogP contribution in [0.2, 0.25) is 65.0 Å². The van der Waals surface area contributed by atoms with Gasteiger partial charge in [-0.25, -0.2) is 0 Å². The summed E-state index contributed by atoms with van der Waals surface area (Å²) in [5, 5.41) is 3.36. The molecule has 0 amide bonds. The molecule has 0 bridgehead atoms. The Morgan fingerprint density at radius 3 is 1.64 bits per heavy atom. The quantitative estimate of drug-likeness (QED) is 0.425. The highest BCUT2D eigenvalue weighted by Gasteiger charge is 2.44. The molecule has 0 aliphatic carbocycles. The molecule has 0 aromatic heterocycles. The van der Waals surface area contributed by atoms with Crippen LogP contribution < -0.4 is 11.1 Å². The van der Waals surface area contributed by atoms with Gasteiger partial charge in [-0.1, -0.05) is 0 Å².